The van der Waals surface area contributed by atoms with Crippen molar-refractivity contribution in [2.45, 2.75) is 19.8 Å². The summed E-state index contributed by atoms with van der Waals surface area (Å²) in [5.74, 6) is 1.61. The number of carbonyl (C=O) groups is 1. The van der Waals surface area contributed by atoms with Crippen molar-refractivity contribution in [2.75, 3.05) is 13.1 Å². The van der Waals surface area contributed by atoms with Crippen molar-refractivity contribution in [3.8, 4) is 11.5 Å². The number of amides is 1. The van der Waals surface area contributed by atoms with Gasteiger partial charge in [-0.15, -0.1) is 0 Å². The van der Waals surface area contributed by atoms with Crippen LogP contribution in [-0.2, 0) is 13.5 Å². The van der Waals surface area contributed by atoms with Crippen molar-refractivity contribution >= 4 is 5.91 Å². The van der Waals surface area contributed by atoms with Gasteiger partial charge in [0.2, 0.25) is 0 Å². The number of aryl methyl sites for hydroxylation is 2. The number of likely N-dealkylation sites (tertiary alicyclic amines) is 1. The van der Waals surface area contributed by atoms with Crippen LogP contribution in [0.3, 0.4) is 0 Å². The molecule has 0 N–H and O–H groups in total. The Morgan fingerprint density at radius 3 is 2.85 bits per heavy atom. The Labute approximate surface area is 151 Å². The molecule has 26 heavy (non-hydrogen) atoms. The molecule has 0 aliphatic carbocycles. The Bertz CT molecular complexity index is 915. The van der Waals surface area contributed by atoms with Crippen molar-refractivity contribution in [2.24, 2.45) is 13.0 Å². The Hall–Kier alpha value is -2.96. The predicted octanol–water partition coefficient (Wildman–Crippen LogP) is 2.48. The van der Waals surface area contributed by atoms with Gasteiger partial charge in [-0.3, -0.25) is 9.48 Å². The minimum absolute atomic E-state index is 0.0358. The fraction of sp³-hybridized carbons (Fsp3) is 0.368. The highest BCUT2D eigenvalue weighted by Gasteiger charge is 2.29. The second kappa shape index (κ2) is 6.74. The maximum absolute atomic E-state index is 12.7. The lowest BCUT2D eigenvalue weighted by Crippen LogP contribution is -2.30. The van der Waals surface area contributed by atoms with Gasteiger partial charge < -0.3 is 9.42 Å². The zero-order valence-corrected chi connectivity index (χ0v) is 14.9. The second-order valence-corrected chi connectivity index (χ2v) is 6.79. The van der Waals surface area contributed by atoms with Crippen LogP contribution in [0.25, 0.3) is 11.5 Å². The van der Waals surface area contributed by atoms with E-state index in [9.17, 15) is 4.79 Å². The summed E-state index contributed by atoms with van der Waals surface area (Å²) in [6, 6.07) is 11.6. The van der Waals surface area contributed by atoms with E-state index in [4.69, 9.17) is 4.52 Å². The summed E-state index contributed by atoms with van der Waals surface area (Å²) < 4.78 is 7.02. The first kappa shape index (κ1) is 16.5. The van der Waals surface area contributed by atoms with Gasteiger partial charge in [0.25, 0.3) is 11.8 Å². The average Bonchev–Trinajstić information content (AvgIpc) is 3.36. The molecule has 1 unspecified atom stereocenters. The monoisotopic (exact) mass is 351 g/mol. The van der Waals surface area contributed by atoms with Crippen LogP contribution in [0, 0.1) is 12.8 Å². The van der Waals surface area contributed by atoms with E-state index in [1.807, 2.05) is 48.2 Å². The highest BCUT2D eigenvalue weighted by atomic mass is 16.5. The normalized spacial score (nSPS) is 17.0. The Morgan fingerprint density at radius 1 is 1.31 bits per heavy atom. The van der Waals surface area contributed by atoms with E-state index in [0.717, 1.165) is 24.2 Å². The van der Waals surface area contributed by atoms with Crippen molar-refractivity contribution in [1.29, 1.82) is 0 Å². The third-order valence-electron chi connectivity index (χ3n) is 4.75. The third-order valence-corrected chi connectivity index (χ3v) is 4.75. The first-order chi connectivity index (χ1) is 12.6. The molecule has 1 atom stereocenters. The summed E-state index contributed by atoms with van der Waals surface area (Å²) in [6.45, 7) is 3.35. The van der Waals surface area contributed by atoms with Gasteiger partial charge in [-0.2, -0.15) is 10.1 Å². The first-order valence-electron chi connectivity index (χ1n) is 8.78. The van der Waals surface area contributed by atoms with Crippen molar-refractivity contribution < 1.29 is 9.32 Å². The lowest BCUT2D eigenvalue weighted by Gasteiger charge is -2.16. The van der Waals surface area contributed by atoms with Gasteiger partial charge in [0.1, 0.15) is 5.69 Å². The quantitative estimate of drug-likeness (QED) is 0.722. The summed E-state index contributed by atoms with van der Waals surface area (Å²) in [4.78, 5) is 19.1. The summed E-state index contributed by atoms with van der Waals surface area (Å²) in [7, 11) is 1.80. The Morgan fingerprint density at radius 2 is 2.12 bits per heavy atom. The van der Waals surface area contributed by atoms with Crippen LogP contribution >= 0.6 is 0 Å². The van der Waals surface area contributed by atoms with E-state index in [-0.39, 0.29) is 5.91 Å². The van der Waals surface area contributed by atoms with Crippen LogP contribution in [-0.4, -0.2) is 43.8 Å². The molecule has 7 heteroatoms. The SMILES string of the molecule is Cc1cc(C(=O)N2CCC(Cc3noc(-c4ccccc4)n3)C2)n(C)n1. The molecular weight excluding hydrogens is 330 g/mol. The number of aromatic nitrogens is 4. The van der Waals surface area contributed by atoms with Gasteiger partial charge in [-0.05, 0) is 37.5 Å². The van der Waals surface area contributed by atoms with Crippen molar-refractivity contribution in [1.82, 2.24) is 24.8 Å². The zero-order valence-electron chi connectivity index (χ0n) is 14.9. The minimum atomic E-state index is 0.0358. The lowest BCUT2D eigenvalue weighted by atomic mass is 10.1. The fourth-order valence-electron chi connectivity index (χ4n) is 3.45. The number of nitrogens with zero attached hydrogens (tertiary/aromatic N) is 5. The third kappa shape index (κ3) is 3.24. The van der Waals surface area contributed by atoms with Crippen molar-refractivity contribution in [3.63, 3.8) is 0 Å². The number of hydrogen-bond acceptors (Lipinski definition) is 5. The smallest absolute Gasteiger partial charge is 0.272 e. The molecule has 3 aromatic rings. The first-order valence-corrected chi connectivity index (χ1v) is 8.78. The minimum Gasteiger partial charge on any atom is -0.337 e. The van der Waals surface area contributed by atoms with Crippen LogP contribution in [0.2, 0.25) is 0 Å². The molecule has 1 amide bonds. The molecule has 134 valence electrons. The van der Waals surface area contributed by atoms with Crippen LogP contribution < -0.4 is 0 Å². The van der Waals surface area contributed by atoms with Gasteiger partial charge in [0.15, 0.2) is 5.82 Å². The number of hydrogen-bond donors (Lipinski definition) is 0. The van der Waals surface area contributed by atoms with Crippen molar-refractivity contribution in [3.05, 3.63) is 53.6 Å². The van der Waals surface area contributed by atoms with Gasteiger partial charge in [0, 0.05) is 32.1 Å². The average molecular weight is 351 g/mol. The molecule has 1 saturated heterocycles. The van der Waals surface area contributed by atoms with Crippen LogP contribution in [0.1, 0.15) is 28.4 Å². The predicted molar refractivity (Wildman–Crippen MR) is 95.4 cm³/mol. The van der Waals surface area contributed by atoms with E-state index >= 15 is 0 Å². The molecule has 1 aliphatic rings. The van der Waals surface area contributed by atoms with E-state index in [2.05, 4.69) is 15.2 Å². The van der Waals surface area contributed by atoms with Gasteiger partial charge >= 0.3 is 0 Å². The molecular formula is C19H21N5O2. The van der Waals surface area contributed by atoms with Gasteiger partial charge in [-0.25, -0.2) is 0 Å². The Kier molecular flexibility index (Phi) is 4.28. The largest absolute Gasteiger partial charge is 0.337 e. The Balaban J connectivity index is 1.40. The molecule has 7 nitrogen and oxygen atoms in total. The molecule has 0 radical (unpaired) electrons. The molecule has 1 fully saturated rings. The summed E-state index contributed by atoms with van der Waals surface area (Å²) in [5.41, 5.74) is 2.40. The highest BCUT2D eigenvalue weighted by molar-refractivity contribution is 5.92. The summed E-state index contributed by atoms with van der Waals surface area (Å²) in [5, 5.41) is 8.36. The maximum atomic E-state index is 12.7. The second-order valence-electron chi connectivity index (χ2n) is 6.79. The molecule has 3 heterocycles. The van der Waals surface area contributed by atoms with E-state index < -0.39 is 0 Å². The molecule has 0 bridgehead atoms. The molecule has 0 saturated carbocycles. The van der Waals surface area contributed by atoms with E-state index in [0.29, 0.717) is 36.3 Å². The standard InChI is InChI=1S/C19H21N5O2/c1-13-10-16(23(2)21-13)19(25)24-9-8-14(12-24)11-17-20-18(26-22-17)15-6-4-3-5-7-15/h3-7,10,14H,8-9,11-12H2,1-2H3. The molecule has 4 rings (SSSR count). The summed E-state index contributed by atoms with van der Waals surface area (Å²) >= 11 is 0. The van der Waals surface area contributed by atoms with Gasteiger partial charge in [0.05, 0.1) is 5.69 Å². The van der Waals surface area contributed by atoms with E-state index in [1.54, 1.807) is 11.7 Å². The van der Waals surface area contributed by atoms with Crippen LogP contribution in [0.4, 0.5) is 0 Å². The number of rotatable bonds is 4. The molecule has 2 aromatic heterocycles. The highest BCUT2D eigenvalue weighted by Crippen LogP contribution is 2.23. The molecule has 1 aliphatic heterocycles. The molecule has 0 spiro atoms. The lowest BCUT2D eigenvalue weighted by molar-refractivity contribution is 0.0776. The number of benzene rings is 1. The number of carbonyl (C=O) groups excluding carboxylic acids is 1. The molecule has 1 aromatic carbocycles. The maximum Gasteiger partial charge on any atom is 0.272 e. The zero-order chi connectivity index (χ0) is 18.1. The summed E-state index contributed by atoms with van der Waals surface area (Å²) in [6.07, 6.45) is 1.66. The van der Waals surface area contributed by atoms with E-state index in [1.165, 1.54) is 0 Å². The van der Waals surface area contributed by atoms with Gasteiger partial charge in [-0.1, -0.05) is 23.4 Å². The van der Waals surface area contributed by atoms with Crippen LogP contribution in [0.15, 0.2) is 40.9 Å². The fourth-order valence-corrected chi connectivity index (χ4v) is 3.45. The van der Waals surface area contributed by atoms with Crippen LogP contribution in [0.5, 0.6) is 0 Å². The topological polar surface area (TPSA) is 77.0 Å².